The minimum absolute atomic E-state index is 0.124. The minimum Gasteiger partial charge on any atom is -0.481 e. The van der Waals surface area contributed by atoms with Gasteiger partial charge in [-0.1, -0.05) is 0 Å². The number of hydrogen-bond acceptors (Lipinski definition) is 4. The van der Waals surface area contributed by atoms with E-state index in [1.54, 1.807) is 27.7 Å². The third-order valence-corrected chi connectivity index (χ3v) is 4.13. The first-order valence-electron chi connectivity index (χ1n) is 6.64. The second-order valence-corrected chi connectivity index (χ2v) is 6.13. The number of carboxylic acid groups (broad SMARTS) is 1. The highest BCUT2D eigenvalue weighted by molar-refractivity contribution is 5.81. The van der Waals surface area contributed by atoms with Crippen LogP contribution < -0.4 is 10.6 Å². The van der Waals surface area contributed by atoms with Crippen molar-refractivity contribution in [3.8, 4) is 0 Å². The Morgan fingerprint density at radius 1 is 1.21 bits per heavy atom. The number of hydrogen-bond donors (Lipinski definition) is 3. The summed E-state index contributed by atoms with van der Waals surface area (Å²) in [6.45, 7) is 10.5. The predicted molar refractivity (Wildman–Crippen MR) is 72.9 cm³/mol. The SMILES string of the molecule is CC(C)(NC(=O)CN1CCNCC1)C(C)(C)C(=O)O. The smallest absolute Gasteiger partial charge is 0.311 e. The molecule has 0 aromatic heterocycles. The van der Waals surface area contributed by atoms with Crippen molar-refractivity contribution in [2.75, 3.05) is 32.7 Å². The molecule has 0 aromatic carbocycles. The number of carbonyl (C=O) groups excluding carboxylic acids is 1. The number of carboxylic acids is 1. The van der Waals surface area contributed by atoms with Gasteiger partial charge in [0.15, 0.2) is 0 Å². The Bertz CT molecular complexity index is 347. The number of nitrogens with one attached hydrogen (secondary N) is 2. The molecule has 1 fully saturated rings. The van der Waals surface area contributed by atoms with Crippen LogP contribution in [0.15, 0.2) is 0 Å². The first kappa shape index (κ1) is 15.9. The van der Waals surface area contributed by atoms with Gasteiger partial charge in [0.05, 0.1) is 17.5 Å². The van der Waals surface area contributed by atoms with Crippen LogP contribution in [0.2, 0.25) is 0 Å². The second kappa shape index (κ2) is 5.88. The average Bonchev–Trinajstić information content (AvgIpc) is 2.28. The quantitative estimate of drug-likeness (QED) is 0.650. The lowest BCUT2D eigenvalue weighted by atomic mass is 9.74. The van der Waals surface area contributed by atoms with Gasteiger partial charge in [-0.3, -0.25) is 14.5 Å². The van der Waals surface area contributed by atoms with Gasteiger partial charge in [-0.05, 0) is 27.7 Å². The van der Waals surface area contributed by atoms with E-state index < -0.39 is 16.9 Å². The average molecular weight is 271 g/mol. The van der Waals surface area contributed by atoms with E-state index in [4.69, 9.17) is 0 Å². The Balaban J connectivity index is 2.57. The van der Waals surface area contributed by atoms with E-state index in [0.29, 0.717) is 6.54 Å². The van der Waals surface area contributed by atoms with Crippen LogP contribution in [-0.4, -0.2) is 60.1 Å². The summed E-state index contributed by atoms with van der Waals surface area (Å²) in [6.07, 6.45) is 0. The maximum absolute atomic E-state index is 12.0. The van der Waals surface area contributed by atoms with Gasteiger partial charge in [-0.15, -0.1) is 0 Å². The van der Waals surface area contributed by atoms with Gasteiger partial charge in [-0.2, -0.15) is 0 Å². The van der Waals surface area contributed by atoms with Crippen molar-refractivity contribution in [1.29, 1.82) is 0 Å². The molecule has 0 radical (unpaired) electrons. The van der Waals surface area contributed by atoms with Crippen molar-refractivity contribution in [3.05, 3.63) is 0 Å². The lowest BCUT2D eigenvalue weighted by molar-refractivity contribution is -0.151. The normalized spacial score (nSPS) is 18.1. The Hall–Kier alpha value is -1.14. The highest BCUT2D eigenvalue weighted by atomic mass is 16.4. The molecule has 1 aliphatic heterocycles. The Morgan fingerprint density at radius 2 is 1.74 bits per heavy atom. The van der Waals surface area contributed by atoms with Crippen molar-refractivity contribution in [2.24, 2.45) is 5.41 Å². The molecule has 110 valence electrons. The zero-order valence-electron chi connectivity index (χ0n) is 12.2. The van der Waals surface area contributed by atoms with Gasteiger partial charge in [-0.25, -0.2) is 0 Å². The van der Waals surface area contributed by atoms with Crippen LogP contribution in [0.1, 0.15) is 27.7 Å². The second-order valence-electron chi connectivity index (χ2n) is 6.13. The molecule has 1 amide bonds. The van der Waals surface area contributed by atoms with E-state index in [1.165, 1.54) is 0 Å². The number of nitrogens with zero attached hydrogens (tertiary/aromatic N) is 1. The lowest BCUT2D eigenvalue weighted by Gasteiger charge is -2.39. The fraction of sp³-hybridized carbons (Fsp3) is 0.846. The van der Waals surface area contributed by atoms with Crippen LogP contribution in [0.4, 0.5) is 0 Å². The topological polar surface area (TPSA) is 81.7 Å². The molecular weight excluding hydrogens is 246 g/mol. The third-order valence-electron chi connectivity index (χ3n) is 4.13. The molecule has 1 rings (SSSR count). The van der Waals surface area contributed by atoms with Crippen molar-refractivity contribution in [1.82, 2.24) is 15.5 Å². The molecule has 0 atom stereocenters. The highest BCUT2D eigenvalue weighted by Gasteiger charge is 2.44. The van der Waals surface area contributed by atoms with Gasteiger partial charge in [0.2, 0.25) is 5.91 Å². The first-order chi connectivity index (χ1) is 8.67. The van der Waals surface area contributed by atoms with Gasteiger partial charge in [0.1, 0.15) is 0 Å². The predicted octanol–water partition coefficient (Wildman–Crippen LogP) is -0.103. The summed E-state index contributed by atoms with van der Waals surface area (Å²) >= 11 is 0. The lowest BCUT2D eigenvalue weighted by Crippen LogP contribution is -2.59. The molecule has 0 spiro atoms. The number of aliphatic carboxylic acids is 1. The summed E-state index contributed by atoms with van der Waals surface area (Å²) < 4.78 is 0. The van der Waals surface area contributed by atoms with Crippen molar-refractivity contribution < 1.29 is 14.7 Å². The Kier molecular flexibility index (Phi) is 4.92. The van der Waals surface area contributed by atoms with Crippen LogP contribution in [0.3, 0.4) is 0 Å². The molecule has 0 aromatic rings. The van der Waals surface area contributed by atoms with E-state index in [2.05, 4.69) is 15.5 Å². The molecule has 1 saturated heterocycles. The third kappa shape index (κ3) is 3.91. The van der Waals surface area contributed by atoms with E-state index in [-0.39, 0.29) is 5.91 Å². The maximum atomic E-state index is 12.0. The standard InChI is InChI=1S/C13H25N3O3/c1-12(2,11(18)19)13(3,4)15-10(17)9-16-7-5-14-6-8-16/h14H,5-9H2,1-4H3,(H,15,17)(H,18,19). The maximum Gasteiger partial charge on any atom is 0.311 e. The number of carbonyl (C=O) groups is 2. The van der Waals surface area contributed by atoms with E-state index in [9.17, 15) is 14.7 Å². The largest absolute Gasteiger partial charge is 0.481 e. The van der Waals surface area contributed by atoms with Crippen molar-refractivity contribution in [2.45, 2.75) is 33.2 Å². The first-order valence-corrected chi connectivity index (χ1v) is 6.64. The molecule has 0 saturated carbocycles. The Labute approximate surface area is 114 Å². The number of amides is 1. The highest BCUT2D eigenvalue weighted by Crippen LogP contribution is 2.30. The summed E-state index contributed by atoms with van der Waals surface area (Å²) in [5, 5.41) is 15.3. The monoisotopic (exact) mass is 271 g/mol. The zero-order chi connectivity index (χ0) is 14.7. The molecule has 6 heteroatoms. The van der Waals surface area contributed by atoms with Crippen LogP contribution in [0.25, 0.3) is 0 Å². The zero-order valence-corrected chi connectivity index (χ0v) is 12.2. The van der Waals surface area contributed by atoms with Crippen LogP contribution in [-0.2, 0) is 9.59 Å². The van der Waals surface area contributed by atoms with E-state index >= 15 is 0 Å². The molecule has 0 bridgehead atoms. The Morgan fingerprint density at radius 3 is 2.21 bits per heavy atom. The summed E-state index contributed by atoms with van der Waals surface area (Å²) in [6, 6.07) is 0. The molecule has 19 heavy (non-hydrogen) atoms. The summed E-state index contributed by atoms with van der Waals surface area (Å²) in [7, 11) is 0. The summed E-state index contributed by atoms with van der Waals surface area (Å²) in [5.74, 6) is -1.04. The minimum atomic E-state index is -1.02. The molecule has 3 N–H and O–H groups in total. The molecule has 0 aliphatic carbocycles. The van der Waals surface area contributed by atoms with Gasteiger partial charge < -0.3 is 15.7 Å². The fourth-order valence-electron chi connectivity index (χ4n) is 1.88. The van der Waals surface area contributed by atoms with Crippen LogP contribution in [0, 0.1) is 5.41 Å². The van der Waals surface area contributed by atoms with Gasteiger partial charge in [0.25, 0.3) is 0 Å². The summed E-state index contributed by atoms with van der Waals surface area (Å²) in [4.78, 5) is 25.4. The molecule has 6 nitrogen and oxygen atoms in total. The molecule has 0 unspecified atom stereocenters. The molecule has 1 heterocycles. The van der Waals surface area contributed by atoms with Crippen LogP contribution in [0.5, 0.6) is 0 Å². The van der Waals surface area contributed by atoms with Gasteiger partial charge >= 0.3 is 5.97 Å². The summed E-state index contributed by atoms with van der Waals surface area (Å²) in [5.41, 5.74) is -1.82. The van der Waals surface area contributed by atoms with Crippen molar-refractivity contribution >= 4 is 11.9 Å². The van der Waals surface area contributed by atoms with Gasteiger partial charge in [0, 0.05) is 26.2 Å². The van der Waals surface area contributed by atoms with Crippen molar-refractivity contribution in [3.63, 3.8) is 0 Å². The molecule has 1 aliphatic rings. The number of piperazine rings is 1. The van der Waals surface area contributed by atoms with Crippen LogP contribution >= 0.6 is 0 Å². The molecular formula is C13H25N3O3. The van der Waals surface area contributed by atoms with E-state index in [0.717, 1.165) is 26.2 Å². The fourth-order valence-corrected chi connectivity index (χ4v) is 1.88. The number of rotatable bonds is 5. The van der Waals surface area contributed by atoms with E-state index in [1.807, 2.05) is 0 Å².